The summed E-state index contributed by atoms with van der Waals surface area (Å²) < 4.78 is 0. The molecule has 1 fully saturated rings. The van der Waals surface area contributed by atoms with Crippen LogP contribution < -0.4 is 0 Å². The largest absolute Gasteiger partial charge is 0.256 e. The lowest BCUT2D eigenvalue weighted by Gasteiger charge is -2.20. The zero-order valence-electron chi connectivity index (χ0n) is 11.3. The second-order valence-electron chi connectivity index (χ2n) is 5.78. The first-order chi connectivity index (χ1) is 8.77. The van der Waals surface area contributed by atoms with E-state index in [1.54, 1.807) is 5.56 Å². The van der Waals surface area contributed by atoms with E-state index in [0.29, 0.717) is 5.92 Å². The van der Waals surface area contributed by atoms with Gasteiger partial charge in [-0.3, -0.25) is 4.98 Å². The van der Waals surface area contributed by atoms with Crippen molar-refractivity contribution in [2.24, 2.45) is 0 Å². The zero-order valence-corrected chi connectivity index (χ0v) is 11.3. The molecule has 1 heteroatoms. The molecule has 1 aromatic carbocycles. The molecule has 1 saturated carbocycles. The molecule has 0 N–H and O–H groups in total. The highest BCUT2D eigenvalue weighted by Gasteiger charge is 2.23. The highest BCUT2D eigenvalue weighted by molar-refractivity contribution is 5.83. The minimum Gasteiger partial charge on any atom is -0.256 e. The van der Waals surface area contributed by atoms with Crippen LogP contribution in [0.1, 0.15) is 62.5 Å². The first kappa shape index (κ1) is 11.7. The molecule has 94 valence electrons. The Morgan fingerprint density at radius 1 is 1.11 bits per heavy atom. The van der Waals surface area contributed by atoms with Crippen LogP contribution >= 0.6 is 0 Å². The van der Waals surface area contributed by atoms with Gasteiger partial charge in [0.05, 0.1) is 5.52 Å². The quantitative estimate of drug-likeness (QED) is 0.717. The van der Waals surface area contributed by atoms with Crippen LogP contribution in [-0.2, 0) is 0 Å². The normalized spacial score (nSPS) is 16.8. The van der Waals surface area contributed by atoms with Gasteiger partial charge in [-0.1, -0.05) is 44.9 Å². The predicted octanol–water partition coefficient (Wildman–Crippen LogP) is 5.02. The standard InChI is InChI=1S/C17H21N/c1-12(2)15-11-18-16-10-6-5-9-14(16)17(15)13-7-3-4-8-13/h5-6,9-13H,3-4,7-8H2,1-2H3. The molecule has 2 aromatic rings. The Morgan fingerprint density at radius 3 is 2.56 bits per heavy atom. The van der Waals surface area contributed by atoms with Crippen molar-refractivity contribution in [3.05, 3.63) is 41.6 Å². The molecular weight excluding hydrogens is 218 g/mol. The zero-order chi connectivity index (χ0) is 12.5. The fraction of sp³-hybridized carbons (Fsp3) is 0.471. The molecule has 0 bridgehead atoms. The van der Waals surface area contributed by atoms with E-state index in [1.807, 2.05) is 0 Å². The van der Waals surface area contributed by atoms with Crippen molar-refractivity contribution in [3.63, 3.8) is 0 Å². The van der Waals surface area contributed by atoms with Crippen LogP contribution in [0.2, 0.25) is 0 Å². The lowest BCUT2D eigenvalue weighted by molar-refractivity contribution is 0.703. The van der Waals surface area contributed by atoms with Crippen molar-refractivity contribution >= 4 is 10.9 Å². The van der Waals surface area contributed by atoms with Crippen molar-refractivity contribution in [1.29, 1.82) is 0 Å². The first-order valence-electron chi connectivity index (χ1n) is 7.15. The van der Waals surface area contributed by atoms with Gasteiger partial charge in [0.1, 0.15) is 0 Å². The number of benzene rings is 1. The minimum atomic E-state index is 0.567. The minimum absolute atomic E-state index is 0.567. The van der Waals surface area contributed by atoms with Crippen LogP contribution in [0.4, 0.5) is 0 Å². The molecule has 3 rings (SSSR count). The second-order valence-corrected chi connectivity index (χ2v) is 5.78. The van der Waals surface area contributed by atoms with Gasteiger partial charge in [0.15, 0.2) is 0 Å². The Hall–Kier alpha value is -1.37. The van der Waals surface area contributed by atoms with E-state index in [9.17, 15) is 0 Å². The van der Waals surface area contributed by atoms with Crippen molar-refractivity contribution in [3.8, 4) is 0 Å². The third kappa shape index (κ3) is 1.92. The molecule has 0 unspecified atom stereocenters. The molecule has 0 spiro atoms. The summed E-state index contributed by atoms with van der Waals surface area (Å²) in [4.78, 5) is 4.63. The summed E-state index contributed by atoms with van der Waals surface area (Å²) in [5.74, 6) is 1.33. The number of rotatable bonds is 2. The maximum absolute atomic E-state index is 4.63. The molecule has 0 atom stereocenters. The van der Waals surface area contributed by atoms with Crippen LogP contribution in [0.15, 0.2) is 30.5 Å². The summed E-state index contributed by atoms with van der Waals surface area (Å²) in [6.45, 7) is 4.56. The lowest BCUT2D eigenvalue weighted by Crippen LogP contribution is -2.03. The van der Waals surface area contributed by atoms with E-state index < -0.39 is 0 Å². The number of hydrogen-bond acceptors (Lipinski definition) is 1. The Balaban J connectivity index is 2.24. The highest BCUT2D eigenvalue weighted by Crippen LogP contribution is 2.40. The first-order valence-corrected chi connectivity index (χ1v) is 7.15. The Labute approximate surface area is 109 Å². The van der Waals surface area contributed by atoms with E-state index in [1.165, 1.54) is 36.6 Å². The van der Waals surface area contributed by atoms with Crippen LogP contribution in [0, 0.1) is 0 Å². The van der Waals surface area contributed by atoms with Crippen molar-refractivity contribution in [2.75, 3.05) is 0 Å². The van der Waals surface area contributed by atoms with Crippen LogP contribution in [-0.4, -0.2) is 4.98 Å². The van der Waals surface area contributed by atoms with Gasteiger partial charge >= 0.3 is 0 Å². The molecule has 0 saturated heterocycles. The van der Waals surface area contributed by atoms with Crippen LogP contribution in [0.25, 0.3) is 10.9 Å². The lowest BCUT2D eigenvalue weighted by atomic mass is 9.86. The smallest absolute Gasteiger partial charge is 0.0705 e. The van der Waals surface area contributed by atoms with E-state index >= 15 is 0 Å². The topological polar surface area (TPSA) is 12.9 Å². The molecule has 0 aliphatic heterocycles. The fourth-order valence-electron chi connectivity index (χ4n) is 3.31. The predicted molar refractivity (Wildman–Crippen MR) is 77.0 cm³/mol. The van der Waals surface area contributed by atoms with Gasteiger partial charge in [-0.2, -0.15) is 0 Å². The summed E-state index contributed by atoms with van der Waals surface area (Å²) in [7, 11) is 0. The molecule has 1 heterocycles. The number of nitrogens with zero attached hydrogens (tertiary/aromatic N) is 1. The number of aromatic nitrogens is 1. The van der Waals surface area contributed by atoms with E-state index in [4.69, 9.17) is 0 Å². The summed E-state index contributed by atoms with van der Waals surface area (Å²) in [6.07, 6.45) is 7.60. The molecule has 1 aromatic heterocycles. The average molecular weight is 239 g/mol. The SMILES string of the molecule is CC(C)c1cnc2ccccc2c1C1CCCC1. The third-order valence-corrected chi connectivity index (χ3v) is 4.23. The number of hydrogen-bond donors (Lipinski definition) is 0. The van der Waals surface area contributed by atoms with E-state index in [2.05, 4.69) is 49.3 Å². The molecule has 0 amide bonds. The molecule has 1 aliphatic carbocycles. The average Bonchev–Trinajstić information content (AvgIpc) is 2.90. The molecule has 0 radical (unpaired) electrons. The summed E-state index contributed by atoms with van der Waals surface area (Å²) in [6, 6.07) is 8.62. The van der Waals surface area contributed by atoms with Gasteiger partial charge in [0.2, 0.25) is 0 Å². The molecule has 18 heavy (non-hydrogen) atoms. The number of para-hydroxylation sites is 1. The van der Waals surface area contributed by atoms with Gasteiger partial charge < -0.3 is 0 Å². The van der Waals surface area contributed by atoms with Gasteiger partial charge in [-0.05, 0) is 41.9 Å². The van der Waals surface area contributed by atoms with Crippen molar-refractivity contribution < 1.29 is 0 Å². The van der Waals surface area contributed by atoms with Crippen LogP contribution in [0.3, 0.4) is 0 Å². The Bertz CT molecular complexity index is 551. The van der Waals surface area contributed by atoms with Gasteiger partial charge in [-0.25, -0.2) is 0 Å². The Morgan fingerprint density at radius 2 is 1.83 bits per heavy atom. The maximum Gasteiger partial charge on any atom is 0.0705 e. The molecule has 1 aliphatic rings. The van der Waals surface area contributed by atoms with E-state index in [0.717, 1.165) is 11.4 Å². The second kappa shape index (κ2) is 4.72. The summed E-state index contributed by atoms with van der Waals surface area (Å²) in [5.41, 5.74) is 4.21. The summed E-state index contributed by atoms with van der Waals surface area (Å²) >= 11 is 0. The van der Waals surface area contributed by atoms with Gasteiger partial charge in [0.25, 0.3) is 0 Å². The van der Waals surface area contributed by atoms with Gasteiger partial charge in [0, 0.05) is 11.6 Å². The van der Waals surface area contributed by atoms with Gasteiger partial charge in [-0.15, -0.1) is 0 Å². The summed E-state index contributed by atoms with van der Waals surface area (Å²) in [5, 5.41) is 1.38. The number of pyridine rings is 1. The van der Waals surface area contributed by atoms with Crippen molar-refractivity contribution in [1.82, 2.24) is 4.98 Å². The number of fused-ring (bicyclic) bond motifs is 1. The van der Waals surface area contributed by atoms with Crippen LogP contribution in [0.5, 0.6) is 0 Å². The Kier molecular flexibility index (Phi) is 3.07. The fourth-order valence-corrected chi connectivity index (χ4v) is 3.31. The van der Waals surface area contributed by atoms with E-state index in [-0.39, 0.29) is 0 Å². The van der Waals surface area contributed by atoms with Crippen molar-refractivity contribution in [2.45, 2.75) is 51.4 Å². The molecule has 1 nitrogen and oxygen atoms in total. The highest BCUT2D eigenvalue weighted by atomic mass is 14.7. The monoisotopic (exact) mass is 239 g/mol. The molecular formula is C17H21N. The third-order valence-electron chi connectivity index (χ3n) is 4.23. The maximum atomic E-state index is 4.63.